The summed E-state index contributed by atoms with van der Waals surface area (Å²) < 4.78 is 18.9. The fourth-order valence-electron chi connectivity index (χ4n) is 1.54. The molecule has 6 heteroatoms. The number of benzene rings is 2. The molecule has 20 heavy (non-hydrogen) atoms. The van der Waals surface area contributed by atoms with Gasteiger partial charge >= 0.3 is 0 Å². The lowest BCUT2D eigenvalue weighted by Gasteiger charge is -2.10. The van der Waals surface area contributed by atoms with E-state index in [0.717, 1.165) is 6.07 Å². The van der Waals surface area contributed by atoms with Gasteiger partial charge in [0.1, 0.15) is 40.6 Å². The molecule has 0 aliphatic rings. The topological polar surface area (TPSA) is 56.8 Å². The number of halogens is 3. The predicted octanol–water partition coefficient (Wildman–Crippen LogP) is 4.67. The maximum atomic E-state index is 13.4. The molecule has 2 rings (SSSR count). The van der Waals surface area contributed by atoms with Gasteiger partial charge in [-0.2, -0.15) is 10.5 Å². The highest BCUT2D eigenvalue weighted by atomic mass is 35.5. The van der Waals surface area contributed by atoms with E-state index in [9.17, 15) is 4.39 Å². The Kier molecular flexibility index (Phi) is 4.10. The van der Waals surface area contributed by atoms with Crippen molar-refractivity contribution in [2.45, 2.75) is 0 Å². The standard InChI is InChI=1S/C14H5Cl2FN2O/c15-8-1-2-11(16)14(5-8)20-13-4-3-12(17)9(6-18)10(13)7-19/h1-5H. The van der Waals surface area contributed by atoms with Crippen LogP contribution in [0.5, 0.6) is 11.5 Å². The predicted molar refractivity (Wildman–Crippen MR) is 72.4 cm³/mol. The van der Waals surface area contributed by atoms with Crippen LogP contribution < -0.4 is 4.74 Å². The molecule has 2 aromatic carbocycles. The smallest absolute Gasteiger partial charge is 0.147 e. The molecule has 0 atom stereocenters. The molecule has 0 amide bonds. The molecule has 3 nitrogen and oxygen atoms in total. The molecule has 0 aliphatic carbocycles. The van der Waals surface area contributed by atoms with E-state index in [2.05, 4.69) is 0 Å². The summed E-state index contributed by atoms with van der Waals surface area (Å²) >= 11 is 11.8. The van der Waals surface area contributed by atoms with Crippen LogP contribution in [0.3, 0.4) is 0 Å². The van der Waals surface area contributed by atoms with E-state index in [0.29, 0.717) is 5.02 Å². The lowest BCUT2D eigenvalue weighted by atomic mass is 10.1. The van der Waals surface area contributed by atoms with Crippen molar-refractivity contribution in [3.05, 3.63) is 57.3 Å². The second-order valence-corrected chi connectivity index (χ2v) is 4.54. The molecule has 0 bridgehead atoms. The summed E-state index contributed by atoms with van der Waals surface area (Å²) in [6.07, 6.45) is 0. The molecule has 0 saturated heterocycles. The van der Waals surface area contributed by atoms with Gasteiger partial charge in [0.05, 0.1) is 5.02 Å². The van der Waals surface area contributed by atoms with Crippen molar-refractivity contribution < 1.29 is 9.13 Å². The van der Waals surface area contributed by atoms with Gasteiger partial charge in [-0.25, -0.2) is 4.39 Å². The van der Waals surface area contributed by atoms with E-state index >= 15 is 0 Å². The molecule has 0 N–H and O–H groups in total. The zero-order chi connectivity index (χ0) is 14.7. The Bertz CT molecular complexity index is 763. The highest BCUT2D eigenvalue weighted by molar-refractivity contribution is 6.34. The summed E-state index contributed by atoms with van der Waals surface area (Å²) in [7, 11) is 0. The zero-order valence-corrected chi connectivity index (χ0v) is 11.3. The van der Waals surface area contributed by atoms with E-state index in [1.807, 2.05) is 0 Å². The van der Waals surface area contributed by atoms with Crippen molar-refractivity contribution >= 4 is 23.2 Å². The number of hydrogen-bond acceptors (Lipinski definition) is 3. The lowest BCUT2D eigenvalue weighted by Crippen LogP contribution is -1.95. The van der Waals surface area contributed by atoms with Gasteiger partial charge in [0.25, 0.3) is 0 Å². The third-order valence-electron chi connectivity index (χ3n) is 2.45. The van der Waals surface area contributed by atoms with Gasteiger partial charge in [-0.15, -0.1) is 0 Å². The first-order chi connectivity index (χ1) is 9.56. The van der Waals surface area contributed by atoms with E-state index < -0.39 is 5.82 Å². The quantitative estimate of drug-likeness (QED) is 0.810. The molecule has 2 aromatic rings. The Labute approximate surface area is 124 Å². The van der Waals surface area contributed by atoms with Gasteiger partial charge < -0.3 is 4.74 Å². The van der Waals surface area contributed by atoms with Gasteiger partial charge in [-0.3, -0.25) is 0 Å². The molecule has 98 valence electrons. The molecule has 0 spiro atoms. The van der Waals surface area contributed by atoms with Gasteiger partial charge in [0, 0.05) is 11.1 Å². The normalized spacial score (nSPS) is 9.65. The number of hydrogen-bond donors (Lipinski definition) is 0. The molecule has 0 fully saturated rings. The first kappa shape index (κ1) is 14.1. The van der Waals surface area contributed by atoms with Crippen LogP contribution in [0.15, 0.2) is 30.3 Å². The molecular weight excluding hydrogens is 302 g/mol. The monoisotopic (exact) mass is 306 g/mol. The van der Waals surface area contributed by atoms with Crippen LogP contribution >= 0.6 is 23.2 Å². The maximum Gasteiger partial charge on any atom is 0.147 e. The van der Waals surface area contributed by atoms with E-state index in [1.54, 1.807) is 18.2 Å². The minimum absolute atomic E-state index is 0.0367. The molecule has 0 radical (unpaired) electrons. The molecule has 0 heterocycles. The Balaban J connectivity index is 2.53. The molecule has 0 saturated carbocycles. The van der Waals surface area contributed by atoms with Crippen LogP contribution in [0.4, 0.5) is 4.39 Å². The highest BCUT2D eigenvalue weighted by Crippen LogP contribution is 2.34. The fourth-order valence-corrected chi connectivity index (χ4v) is 1.86. The summed E-state index contributed by atoms with van der Waals surface area (Å²) in [4.78, 5) is 0. The summed E-state index contributed by atoms with van der Waals surface area (Å²) in [6, 6.07) is 10.2. The van der Waals surface area contributed by atoms with E-state index in [4.69, 9.17) is 38.5 Å². The van der Waals surface area contributed by atoms with Crippen molar-refractivity contribution in [1.29, 1.82) is 10.5 Å². The third-order valence-corrected chi connectivity index (χ3v) is 3.00. The number of nitrogens with zero attached hydrogens (tertiary/aromatic N) is 2. The van der Waals surface area contributed by atoms with Gasteiger partial charge in [-0.05, 0) is 24.3 Å². The van der Waals surface area contributed by atoms with E-state index in [1.165, 1.54) is 18.2 Å². The molecule has 0 aliphatic heterocycles. The van der Waals surface area contributed by atoms with Crippen LogP contribution in [-0.2, 0) is 0 Å². The summed E-state index contributed by atoms with van der Waals surface area (Å²) in [5, 5.41) is 18.6. The number of ether oxygens (including phenoxy) is 1. The third kappa shape index (κ3) is 2.67. The summed E-state index contributed by atoms with van der Waals surface area (Å²) in [5.74, 6) is -0.533. The molecular formula is C14H5Cl2FN2O. The number of nitriles is 2. The Hall–Kier alpha value is -2.27. The zero-order valence-electron chi connectivity index (χ0n) is 9.82. The van der Waals surface area contributed by atoms with Crippen LogP contribution in [0.1, 0.15) is 11.1 Å². The first-order valence-electron chi connectivity index (χ1n) is 5.32. The lowest BCUT2D eigenvalue weighted by molar-refractivity contribution is 0.479. The minimum atomic E-state index is -0.784. The van der Waals surface area contributed by atoms with Crippen LogP contribution in [0, 0.1) is 28.5 Å². The van der Waals surface area contributed by atoms with Crippen molar-refractivity contribution in [1.82, 2.24) is 0 Å². The second-order valence-electron chi connectivity index (χ2n) is 3.70. The Morgan fingerprint density at radius 3 is 2.30 bits per heavy atom. The van der Waals surface area contributed by atoms with Crippen molar-refractivity contribution in [2.75, 3.05) is 0 Å². The van der Waals surface area contributed by atoms with Crippen LogP contribution in [0.2, 0.25) is 10.0 Å². The summed E-state index contributed by atoms with van der Waals surface area (Å²) in [6.45, 7) is 0. The highest BCUT2D eigenvalue weighted by Gasteiger charge is 2.16. The van der Waals surface area contributed by atoms with Crippen LogP contribution in [-0.4, -0.2) is 0 Å². The number of rotatable bonds is 2. The second kappa shape index (κ2) is 5.79. The van der Waals surface area contributed by atoms with Crippen LogP contribution in [0.25, 0.3) is 0 Å². The average molecular weight is 307 g/mol. The maximum absolute atomic E-state index is 13.4. The first-order valence-corrected chi connectivity index (χ1v) is 6.08. The minimum Gasteiger partial charge on any atom is -0.454 e. The Morgan fingerprint density at radius 1 is 0.950 bits per heavy atom. The van der Waals surface area contributed by atoms with Crippen molar-refractivity contribution in [3.63, 3.8) is 0 Å². The van der Waals surface area contributed by atoms with Gasteiger partial charge in [0.2, 0.25) is 0 Å². The average Bonchev–Trinajstić information content (AvgIpc) is 2.44. The molecule has 0 aromatic heterocycles. The Morgan fingerprint density at radius 2 is 1.65 bits per heavy atom. The van der Waals surface area contributed by atoms with Crippen molar-refractivity contribution in [3.8, 4) is 23.6 Å². The van der Waals surface area contributed by atoms with Gasteiger partial charge in [0.15, 0.2) is 0 Å². The largest absolute Gasteiger partial charge is 0.454 e. The van der Waals surface area contributed by atoms with Gasteiger partial charge in [-0.1, -0.05) is 23.2 Å². The SMILES string of the molecule is N#Cc1c(F)ccc(Oc2cc(Cl)ccc2Cl)c1C#N. The van der Waals surface area contributed by atoms with Crippen molar-refractivity contribution in [2.24, 2.45) is 0 Å². The summed E-state index contributed by atoms with van der Waals surface area (Å²) in [5.41, 5.74) is -0.563. The molecule has 0 unspecified atom stereocenters. The fraction of sp³-hybridized carbons (Fsp3) is 0. The van der Waals surface area contributed by atoms with E-state index in [-0.39, 0.29) is 27.6 Å².